The molecule has 1 amide bonds. The fourth-order valence-electron chi connectivity index (χ4n) is 1.77. The van der Waals surface area contributed by atoms with Crippen LogP contribution >= 0.6 is 24.2 Å². The van der Waals surface area contributed by atoms with E-state index in [1.54, 1.807) is 11.8 Å². The van der Waals surface area contributed by atoms with Gasteiger partial charge in [-0.15, -0.1) is 12.4 Å². The number of nitrogens with zero attached hydrogens (tertiary/aromatic N) is 1. The van der Waals surface area contributed by atoms with Gasteiger partial charge in [0.2, 0.25) is 5.91 Å². The van der Waals surface area contributed by atoms with Crippen molar-refractivity contribution < 1.29 is 4.79 Å². The second-order valence-corrected chi connectivity index (χ2v) is 4.97. The molecule has 90 valence electrons. The smallest absolute Gasteiger partial charge is 0.235 e. The van der Waals surface area contributed by atoms with Crippen LogP contribution in [0.15, 0.2) is 0 Å². The molecule has 15 heavy (non-hydrogen) atoms. The van der Waals surface area contributed by atoms with Crippen molar-refractivity contribution in [3.8, 4) is 0 Å². The summed E-state index contributed by atoms with van der Waals surface area (Å²) in [6, 6.07) is 0.488. The van der Waals surface area contributed by atoms with E-state index in [9.17, 15) is 4.79 Å². The van der Waals surface area contributed by atoms with E-state index in [1.165, 1.54) is 6.42 Å². The van der Waals surface area contributed by atoms with E-state index in [1.807, 2.05) is 25.1 Å². The second kappa shape index (κ2) is 7.36. The van der Waals surface area contributed by atoms with Crippen molar-refractivity contribution in [3.63, 3.8) is 0 Å². The molecule has 0 aliphatic carbocycles. The van der Waals surface area contributed by atoms with E-state index in [4.69, 9.17) is 0 Å². The molecule has 3 nitrogen and oxygen atoms in total. The molecule has 1 rings (SSSR count). The van der Waals surface area contributed by atoms with Gasteiger partial charge in [-0.05, 0) is 33.1 Å². The van der Waals surface area contributed by atoms with Crippen LogP contribution in [0.3, 0.4) is 0 Å². The number of likely N-dealkylation sites (N-methyl/N-ethyl adjacent to an activating group) is 1. The fourth-order valence-corrected chi connectivity index (χ4v) is 2.12. The van der Waals surface area contributed by atoms with Crippen LogP contribution in [0, 0.1) is 0 Å². The highest BCUT2D eigenvalue weighted by Gasteiger charge is 2.25. The van der Waals surface area contributed by atoms with Crippen LogP contribution in [0.25, 0.3) is 0 Å². The first-order valence-corrected chi connectivity index (χ1v) is 6.46. The van der Waals surface area contributed by atoms with Gasteiger partial charge >= 0.3 is 0 Å². The molecule has 0 radical (unpaired) electrons. The predicted octanol–water partition coefficient (Wildman–Crippen LogP) is 1.37. The lowest BCUT2D eigenvalue weighted by molar-refractivity contribution is -0.131. The first-order valence-electron chi connectivity index (χ1n) is 5.18. The van der Waals surface area contributed by atoms with Gasteiger partial charge in [-0.1, -0.05) is 0 Å². The van der Waals surface area contributed by atoms with Crippen LogP contribution < -0.4 is 5.32 Å². The summed E-state index contributed by atoms with van der Waals surface area (Å²) >= 11 is 1.62. The van der Waals surface area contributed by atoms with Gasteiger partial charge in [-0.3, -0.25) is 4.79 Å². The summed E-state index contributed by atoms with van der Waals surface area (Å²) in [5.74, 6) is 0.289. The van der Waals surface area contributed by atoms with E-state index >= 15 is 0 Å². The quantitative estimate of drug-likeness (QED) is 0.824. The highest BCUT2D eigenvalue weighted by molar-refractivity contribution is 7.99. The molecule has 1 heterocycles. The third kappa shape index (κ3) is 4.21. The third-order valence-electron chi connectivity index (χ3n) is 2.84. The van der Waals surface area contributed by atoms with Gasteiger partial charge in [0.15, 0.2) is 0 Å². The van der Waals surface area contributed by atoms with Crippen LogP contribution in [0.2, 0.25) is 0 Å². The zero-order valence-electron chi connectivity index (χ0n) is 9.66. The SMILES string of the molecule is CNC1CCCN(C(=O)C(C)SC)C1.Cl. The highest BCUT2D eigenvalue weighted by atomic mass is 35.5. The Morgan fingerprint density at radius 1 is 1.60 bits per heavy atom. The van der Waals surface area contributed by atoms with Crippen LogP contribution in [-0.4, -0.2) is 48.5 Å². The molecule has 5 heteroatoms. The summed E-state index contributed by atoms with van der Waals surface area (Å²) < 4.78 is 0. The number of likely N-dealkylation sites (tertiary alicyclic amines) is 1. The van der Waals surface area contributed by atoms with Crippen LogP contribution in [0.1, 0.15) is 19.8 Å². The number of piperidine rings is 1. The van der Waals surface area contributed by atoms with E-state index in [0.717, 1.165) is 19.5 Å². The Labute approximate surface area is 103 Å². The Balaban J connectivity index is 0.00000196. The number of carbonyl (C=O) groups excluding carboxylic acids is 1. The lowest BCUT2D eigenvalue weighted by Gasteiger charge is -2.33. The zero-order chi connectivity index (χ0) is 10.6. The number of thioether (sulfide) groups is 1. The maximum atomic E-state index is 11.9. The van der Waals surface area contributed by atoms with Gasteiger partial charge in [-0.2, -0.15) is 11.8 Å². The molecule has 0 aromatic heterocycles. The topological polar surface area (TPSA) is 32.3 Å². The lowest BCUT2D eigenvalue weighted by atomic mass is 10.1. The molecule has 2 atom stereocenters. The van der Waals surface area contributed by atoms with Crippen LogP contribution in [-0.2, 0) is 4.79 Å². The molecular weight excluding hydrogens is 232 g/mol. The second-order valence-electron chi connectivity index (χ2n) is 3.79. The average molecular weight is 253 g/mol. The third-order valence-corrected chi connectivity index (χ3v) is 3.75. The van der Waals surface area contributed by atoms with Crippen LogP contribution in [0.5, 0.6) is 0 Å². The minimum absolute atomic E-state index is 0. The van der Waals surface area contributed by atoms with Gasteiger partial charge in [-0.25, -0.2) is 0 Å². The van der Waals surface area contributed by atoms with Crippen molar-refractivity contribution in [2.45, 2.75) is 31.1 Å². The van der Waals surface area contributed by atoms with Gasteiger partial charge in [0.1, 0.15) is 0 Å². The Morgan fingerprint density at radius 2 is 2.27 bits per heavy atom. The number of rotatable bonds is 3. The summed E-state index contributed by atoms with van der Waals surface area (Å²) in [5.41, 5.74) is 0. The zero-order valence-corrected chi connectivity index (χ0v) is 11.3. The monoisotopic (exact) mass is 252 g/mol. The molecule has 1 aliphatic rings. The molecule has 0 spiro atoms. The molecule has 0 bridgehead atoms. The number of hydrogen-bond donors (Lipinski definition) is 1. The first-order chi connectivity index (χ1) is 6.69. The molecule has 1 aliphatic heterocycles. The van der Waals surface area contributed by atoms with Crippen molar-refractivity contribution in [2.24, 2.45) is 0 Å². The summed E-state index contributed by atoms with van der Waals surface area (Å²) in [5, 5.41) is 3.35. The standard InChI is InChI=1S/C10H20N2OS.ClH/c1-8(14-3)10(13)12-6-4-5-9(7-12)11-2;/h8-9,11H,4-7H2,1-3H3;1H. The van der Waals surface area contributed by atoms with E-state index in [0.29, 0.717) is 6.04 Å². The van der Waals surface area contributed by atoms with Crippen molar-refractivity contribution >= 4 is 30.1 Å². The summed E-state index contributed by atoms with van der Waals surface area (Å²) in [4.78, 5) is 13.9. The van der Waals surface area contributed by atoms with Gasteiger partial charge in [0.25, 0.3) is 0 Å². The molecule has 2 unspecified atom stereocenters. The number of halogens is 1. The van der Waals surface area contributed by atoms with Crippen molar-refractivity contribution in [1.29, 1.82) is 0 Å². The minimum Gasteiger partial charge on any atom is -0.340 e. The van der Waals surface area contributed by atoms with Gasteiger partial charge in [0, 0.05) is 19.1 Å². The highest BCUT2D eigenvalue weighted by Crippen LogP contribution is 2.15. The number of nitrogens with one attached hydrogen (secondary N) is 1. The summed E-state index contributed by atoms with van der Waals surface area (Å²) in [6.45, 7) is 3.79. The lowest BCUT2D eigenvalue weighted by Crippen LogP contribution is -2.49. The molecule has 1 N–H and O–H groups in total. The Bertz CT molecular complexity index is 204. The normalized spacial score (nSPS) is 23.1. The van der Waals surface area contributed by atoms with Gasteiger partial charge in [0.05, 0.1) is 5.25 Å². The van der Waals surface area contributed by atoms with Crippen molar-refractivity contribution in [3.05, 3.63) is 0 Å². The Morgan fingerprint density at radius 3 is 2.80 bits per heavy atom. The van der Waals surface area contributed by atoms with E-state index < -0.39 is 0 Å². The minimum atomic E-state index is 0. The van der Waals surface area contributed by atoms with Crippen molar-refractivity contribution in [2.75, 3.05) is 26.4 Å². The molecule has 1 fully saturated rings. The fraction of sp³-hybridized carbons (Fsp3) is 0.900. The van der Waals surface area contributed by atoms with E-state index in [-0.39, 0.29) is 23.6 Å². The largest absolute Gasteiger partial charge is 0.340 e. The molecule has 0 aromatic rings. The summed E-state index contributed by atoms with van der Waals surface area (Å²) in [7, 11) is 1.97. The molecule has 0 aromatic carbocycles. The van der Waals surface area contributed by atoms with E-state index in [2.05, 4.69) is 5.32 Å². The average Bonchev–Trinajstić information content (AvgIpc) is 2.27. The Kier molecular flexibility index (Phi) is 7.40. The number of hydrogen-bond acceptors (Lipinski definition) is 3. The van der Waals surface area contributed by atoms with Gasteiger partial charge < -0.3 is 10.2 Å². The summed E-state index contributed by atoms with van der Waals surface area (Å²) in [6.07, 6.45) is 4.30. The van der Waals surface area contributed by atoms with Crippen molar-refractivity contribution in [1.82, 2.24) is 10.2 Å². The molecular formula is C10H21ClN2OS. The maximum absolute atomic E-state index is 11.9. The maximum Gasteiger partial charge on any atom is 0.235 e. The first kappa shape index (κ1) is 15.1. The molecule has 1 saturated heterocycles. The molecule has 0 saturated carbocycles. The number of carbonyl (C=O) groups is 1. The predicted molar refractivity (Wildman–Crippen MR) is 68.9 cm³/mol. The van der Waals surface area contributed by atoms with Crippen LogP contribution in [0.4, 0.5) is 0 Å². The number of amides is 1. The Hall–Kier alpha value is 0.0700.